The van der Waals surface area contributed by atoms with Crippen molar-refractivity contribution >= 4 is 0 Å². The van der Waals surface area contributed by atoms with Crippen LogP contribution in [0, 0.1) is 0 Å². The van der Waals surface area contributed by atoms with Gasteiger partial charge in [-0.15, -0.1) is 0 Å². The fourth-order valence-corrected chi connectivity index (χ4v) is 2.57. The van der Waals surface area contributed by atoms with Gasteiger partial charge in [-0.25, -0.2) is 0 Å². The maximum absolute atomic E-state index is 6.26. The summed E-state index contributed by atoms with van der Waals surface area (Å²) < 4.78 is 5.39. The van der Waals surface area contributed by atoms with Crippen LogP contribution in [-0.4, -0.2) is 31.6 Å². The zero-order valence-electron chi connectivity index (χ0n) is 12.8. The number of para-hydroxylation sites is 1. The third-order valence-corrected chi connectivity index (χ3v) is 3.52. The van der Waals surface area contributed by atoms with Crippen molar-refractivity contribution in [3.63, 3.8) is 0 Å². The summed E-state index contributed by atoms with van der Waals surface area (Å²) in [6, 6.07) is 18.6. The van der Waals surface area contributed by atoms with E-state index in [9.17, 15) is 0 Å². The maximum atomic E-state index is 6.26. The molecule has 2 aromatic carbocycles. The van der Waals surface area contributed by atoms with Crippen LogP contribution in [0.3, 0.4) is 0 Å². The number of nitrogens with two attached hydrogens (primary N) is 1. The zero-order valence-corrected chi connectivity index (χ0v) is 12.8. The molecule has 0 bridgehead atoms. The molecule has 0 saturated carbocycles. The van der Waals surface area contributed by atoms with Crippen molar-refractivity contribution in [3.05, 3.63) is 65.7 Å². The van der Waals surface area contributed by atoms with Crippen molar-refractivity contribution in [2.45, 2.75) is 19.0 Å². The van der Waals surface area contributed by atoms with Gasteiger partial charge in [0.25, 0.3) is 0 Å². The van der Waals surface area contributed by atoms with Gasteiger partial charge >= 0.3 is 0 Å². The first-order valence-corrected chi connectivity index (χ1v) is 7.29. The Kier molecular flexibility index (Phi) is 5.78. The van der Waals surface area contributed by atoms with E-state index < -0.39 is 0 Å². The molecule has 0 aliphatic rings. The summed E-state index contributed by atoms with van der Waals surface area (Å²) >= 11 is 0. The van der Waals surface area contributed by atoms with Crippen molar-refractivity contribution in [1.29, 1.82) is 0 Å². The molecule has 3 heteroatoms. The van der Waals surface area contributed by atoms with E-state index in [-0.39, 0.29) is 6.04 Å². The molecule has 2 N–H and O–H groups in total. The first kappa shape index (κ1) is 15.5. The Morgan fingerprint density at radius 3 is 2.43 bits per heavy atom. The van der Waals surface area contributed by atoms with Gasteiger partial charge < -0.3 is 15.4 Å². The summed E-state index contributed by atoms with van der Waals surface area (Å²) in [5, 5.41) is 0. The van der Waals surface area contributed by atoms with Crippen molar-refractivity contribution in [3.8, 4) is 5.75 Å². The smallest absolute Gasteiger partial charge is 0.123 e. The van der Waals surface area contributed by atoms with Crippen molar-refractivity contribution in [2.24, 2.45) is 5.73 Å². The molecule has 0 aliphatic carbocycles. The number of hydrogen-bond donors (Lipinski definition) is 1. The summed E-state index contributed by atoms with van der Waals surface area (Å²) in [6.45, 7) is 1.69. The highest BCUT2D eigenvalue weighted by molar-refractivity contribution is 5.33. The van der Waals surface area contributed by atoms with E-state index in [2.05, 4.69) is 42.3 Å². The topological polar surface area (TPSA) is 38.5 Å². The predicted octanol–water partition coefficient (Wildman–Crippen LogP) is 2.70. The minimum atomic E-state index is 0.132. The van der Waals surface area contributed by atoms with Gasteiger partial charge in [0, 0.05) is 24.7 Å². The fourth-order valence-electron chi connectivity index (χ4n) is 2.57. The second-order valence-corrected chi connectivity index (χ2v) is 5.46. The molecule has 2 rings (SSSR count). The predicted molar refractivity (Wildman–Crippen MR) is 87.4 cm³/mol. The van der Waals surface area contributed by atoms with E-state index in [0.29, 0.717) is 0 Å². The lowest BCUT2D eigenvalue weighted by Gasteiger charge is -2.22. The molecular weight excluding hydrogens is 260 g/mol. The standard InChI is InChI=1S/C18H24N2O/c1-20(13-16-10-6-7-11-18(16)21-2)14-17(19)12-15-8-4-3-5-9-15/h3-11,17H,12-14,19H2,1-2H3. The highest BCUT2D eigenvalue weighted by atomic mass is 16.5. The lowest BCUT2D eigenvalue weighted by atomic mass is 10.1. The number of rotatable bonds is 7. The van der Waals surface area contributed by atoms with Crippen LogP contribution < -0.4 is 10.5 Å². The average molecular weight is 284 g/mol. The molecule has 1 unspecified atom stereocenters. The minimum Gasteiger partial charge on any atom is -0.496 e. The Bertz CT molecular complexity index is 542. The fraction of sp³-hybridized carbons (Fsp3) is 0.333. The summed E-state index contributed by atoms with van der Waals surface area (Å²) in [6.07, 6.45) is 0.900. The lowest BCUT2D eigenvalue weighted by molar-refractivity contribution is 0.296. The molecule has 2 aromatic rings. The molecule has 3 nitrogen and oxygen atoms in total. The van der Waals surface area contributed by atoms with E-state index in [0.717, 1.165) is 25.3 Å². The molecule has 0 saturated heterocycles. The van der Waals surface area contributed by atoms with Crippen LogP contribution >= 0.6 is 0 Å². The monoisotopic (exact) mass is 284 g/mol. The van der Waals surface area contributed by atoms with E-state index in [1.165, 1.54) is 11.1 Å². The molecule has 112 valence electrons. The molecule has 21 heavy (non-hydrogen) atoms. The summed E-state index contributed by atoms with van der Waals surface area (Å²) in [7, 11) is 3.80. The molecule has 0 aromatic heterocycles. The molecule has 0 aliphatic heterocycles. The number of nitrogens with zero attached hydrogens (tertiary/aromatic N) is 1. The van der Waals surface area contributed by atoms with Crippen LogP contribution in [-0.2, 0) is 13.0 Å². The van der Waals surface area contributed by atoms with Gasteiger partial charge in [-0.05, 0) is 25.1 Å². The Labute approximate surface area is 127 Å². The van der Waals surface area contributed by atoms with E-state index >= 15 is 0 Å². The van der Waals surface area contributed by atoms with Gasteiger partial charge in [-0.2, -0.15) is 0 Å². The van der Waals surface area contributed by atoms with Crippen LogP contribution in [0.15, 0.2) is 54.6 Å². The number of methoxy groups -OCH3 is 1. The first-order valence-electron chi connectivity index (χ1n) is 7.29. The summed E-state index contributed by atoms with van der Waals surface area (Å²) in [4.78, 5) is 2.24. The largest absolute Gasteiger partial charge is 0.496 e. The summed E-state index contributed by atoms with van der Waals surface area (Å²) in [5.41, 5.74) is 8.73. The highest BCUT2D eigenvalue weighted by Crippen LogP contribution is 2.18. The molecule has 0 fully saturated rings. The first-order chi connectivity index (χ1) is 10.2. The Morgan fingerprint density at radius 2 is 1.71 bits per heavy atom. The molecule has 0 heterocycles. The van der Waals surface area contributed by atoms with Gasteiger partial charge in [0.05, 0.1) is 7.11 Å². The quantitative estimate of drug-likeness (QED) is 0.849. The van der Waals surface area contributed by atoms with Crippen molar-refractivity contribution < 1.29 is 4.74 Å². The van der Waals surface area contributed by atoms with Crippen LogP contribution in [0.1, 0.15) is 11.1 Å². The van der Waals surface area contributed by atoms with Gasteiger partial charge in [0.1, 0.15) is 5.75 Å². The van der Waals surface area contributed by atoms with Gasteiger partial charge in [-0.1, -0.05) is 48.5 Å². The normalized spacial score (nSPS) is 12.4. The van der Waals surface area contributed by atoms with Crippen molar-refractivity contribution in [1.82, 2.24) is 4.90 Å². The van der Waals surface area contributed by atoms with Crippen LogP contribution in [0.4, 0.5) is 0 Å². The Hall–Kier alpha value is -1.84. The Morgan fingerprint density at radius 1 is 1.05 bits per heavy atom. The summed E-state index contributed by atoms with van der Waals surface area (Å²) in [5.74, 6) is 0.931. The third kappa shape index (κ3) is 4.88. The van der Waals surface area contributed by atoms with Crippen LogP contribution in [0.2, 0.25) is 0 Å². The second-order valence-electron chi connectivity index (χ2n) is 5.46. The molecule has 0 spiro atoms. The zero-order chi connectivity index (χ0) is 15.1. The number of hydrogen-bond acceptors (Lipinski definition) is 3. The molecular formula is C18H24N2O. The Balaban J connectivity index is 1.88. The average Bonchev–Trinajstić information content (AvgIpc) is 2.48. The van der Waals surface area contributed by atoms with Gasteiger partial charge in [0.2, 0.25) is 0 Å². The minimum absolute atomic E-state index is 0.132. The SMILES string of the molecule is COc1ccccc1CN(C)CC(N)Cc1ccccc1. The van der Waals surface area contributed by atoms with Crippen molar-refractivity contribution in [2.75, 3.05) is 20.7 Å². The maximum Gasteiger partial charge on any atom is 0.123 e. The molecule has 1 atom stereocenters. The number of ether oxygens (including phenoxy) is 1. The molecule has 0 amide bonds. The van der Waals surface area contributed by atoms with Gasteiger partial charge in [-0.3, -0.25) is 0 Å². The number of likely N-dealkylation sites (N-methyl/N-ethyl adjacent to an activating group) is 1. The van der Waals surface area contributed by atoms with E-state index in [1.54, 1.807) is 7.11 Å². The third-order valence-electron chi connectivity index (χ3n) is 3.52. The van der Waals surface area contributed by atoms with E-state index in [4.69, 9.17) is 10.5 Å². The number of benzene rings is 2. The van der Waals surface area contributed by atoms with Crippen LogP contribution in [0.5, 0.6) is 5.75 Å². The van der Waals surface area contributed by atoms with Gasteiger partial charge in [0.15, 0.2) is 0 Å². The lowest BCUT2D eigenvalue weighted by Crippen LogP contribution is -2.36. The van der Waals surface area contributed by atoms with Crippen LogP contribution in [0.25, 0.3) is 0 Å². The van der Waals surface area contributed by atoms with E-state index in [1.807, 2.05) is 24.3 Å². The highest BCUT2D eigenvalue weighted by Gasteiger charge is 2.10. The second kappa shape index (κ2) is 7.81. The molecule has 0 radical (unpaired) electrons.